The molecule has 27 heavy (non-hydrogen) atoms. The van der Waals surface area contributed by atoms with Crippen LogP contribution in [0.4, 0.5) is 0 Å². The average molecular weight is 386 g/mol. The van der Waals surface area contributed by atoms with Crippen LogP contribution in [0.25, 0.3) is 0 Å². The standard InChI is InChI=1S/C21H22O5S/c1-14(22)16-6-10-20(25-2)17(12-16)13-26-21(24)11-9-19(23)15-4-7-18(27-3)8-5-15/h4-8,10,12H,9,11,13H2,1-3H3. The van der Waals surface area contributed by atoms with Crippen molar-refractivity contribution in [3.63, 3.8) is 0 Å². The van der Waals surface area contributed by atoms with Crippen molar-refractivity contribution in [2.45, 2.75) is 31.3 Å². The van der Waals surface area contributed by atoms with Crippen LogP contribution in [0.5, 0.6) is 5.75 Å². The van der Waals surface area contributed by atoms with Crippen molar-refractivity contribution in [2.75, 3.05) is 13.4 Å². The molecule has 0 spiro atoms. The number of benzene rings is 2. The molecule has 142 valence electrons. The van der Waals surface area contributed by atoms with Gasteiger partial charge in [-0.2, -0.15) is 0 Å². The largest absolute Gasteiger partial charge is 0.496 e. The lowest BCUT2D eigenvalue weighted by atomic mass is 10.1. The zero-order valence-electron chi connectivity index (χ0n) is 15.6. The second-order valence-electron chi connectivity index (χ2n) is 5.90. The summed E-state index contributed by atoms with van der Waals surface area (Å²) >= 11 is 1.60. The Labute approximate surface area is 163 Å². The summed E-state index contributed by atoms with van der Waals surface area (Å²) in [6.45, 7) is 1.45. The van der Waals surface area contributed by atoms with Gasteiger partial charge < -0.3 is 9.47 Å². The number of ether oxygens (including phenoxy) is 2. The van der Waals surface area contributed by atoms with Crippen molar-refractivity contribution in [2.24, 2.45) is 0 Å². The number of esters is 1. The molecule has 2 rings (SSSR count). The summed E-state index contributed by atoms with van der Waals surface area (Å²) in [6, 6.07) is 12.3. The van der Waals surface area contributed by atoms with E-state index in [9.17, 15) is 14.4 Å². The van der Waals surface area contributed by atoms with Crippen LogP contribution >= 0.6 is 11.8 Å². The van der Waals surface area contributed by atoms with E-state index in [4.69, 9.17) is 9.47 Å². The summed E-state index contributed by atoms with van der Waals surface area (Å²) in [4.78, 5) is 36.7. The molecule has 0 aliphatic heterocycles. The van der Waals surface area contributed by atoms with Gasteiger partial charge in [0.15, 0.2) is 11.6 Å². The van der Waals surface area contributed by atoms with Gasteiger partial charge in [-0.25, -0.2) is 0 Å². The van der Waals surface area contributed by atoms with Crippen molar-refractivity contribution >= 4 is 29.3 Å². The molecular formula is C21H22O5S. The van der Waals surface area contributed by atoms with Gasteiger partial charge in [0.2, 0.25) is 0 Å². The van der Waals surface area contributed by atoms with Gasteiger partial charge >= 0.3 is 5.97 Å². The molecule has 0 radical (unpaired) electrons. The van der Waals surface area contributed by atoms with Gasteiger partial charge in [0.25, 0.3) is 0 Å². The molecule has 0 aliphatic rings. The normalized spacial score (nSPS) is 10.3. The monoisotopic (exact) mass is 386 g/mol. The quantitative estimate of drug-likeness (QED) is 0.363. The third kappa shape index (κ3) is 5.96. The average Bonchev–Trinajstić information content (AvgIpc) is 2.70. The van der Waals surface area contributed by atoms with Crippen LogP contribution in [-0.2, 0) is 16.1 Å². The first-order valence-electron chi connectivity index (χ1n) is 8.45. The van der Waals surface area contributed by atoms with Gasteiger partial charge in [0, 0.05) is 28.0 Å². The van der Waals surface area contributed by atoms with Crippen LogP contribution in [0.3, 0.4) is 0 Å². The molecule has 0 amide bonds. The molecule has 0 aromatic heterocycles. The second kappa shape index (κ2) is 9.92. The maximum Gasteiger partial charge on any atom is 0.306 e. The van der Waals surface area contributed by atoms with Crippen LogP contribution < -0.4 is 4.74 Å². The maximum absolute atomic E-state index is 12.2. The molecule has 2 aromatic rings. The highest BCUT2D eigenvalue weighted by molar-refractivity contribution is 7.98. The van der Waals surface area contributed by atoms with E-state index in [1.54, 1.807) is 42.1 Å². The summed E-state index contributed by atoms with van der Waals surface area (Å²) in [5, 5.41) is 0. The summed E-state index contributed by atoms with van der Waals surface area (Å²) in [5.41, 5.74) is 1.71. The third-order valence-electron chi connectivity index (χ3n) is 4.04. The van der Waals surface area contributed by atoms with Crippen molar-refractivity contribution < 1.29 is 23.9 Å². The van der Waals surface area contributed by atoms with E-state index in [-0.39, 0.29) is 31.0 Å². The van der Waals surface area contributed by atoms with E-state index in [1.165, 1.54) is 14.0 Å². The molecule has 0 saturated heterocycles. The van der Waals surface area contributed by atoms with Crippen LogP contribution in [0.1, 0.15) is 46.0 Å². The van der Waals surface area contributed by atoms with Gasteiger partial charge in [-0.15, -0.1) is 11.8 Å². The van der Waals surface area contributed by atoms with Crippen LogP contribution in [0.15, 0.2) is 47.4 Å². The molecule has 0 N–H and O–H groups in total. The predicted molar refractivity (Wildman–Crippen MR) is 105 cm³/mol. The minimum Gasteiger partial charge on any atom is -0.496 e. The number of methoxy groups -OCH3 is 1. The second-order valence-corrected chi connectivity index (χ2v) is 6.77. The molecular weight excluding hydrogens is 364 g/mol. The smallest absolute Gasteiger partial charge is 0.306 e. The van der Waals surface area contributed by atoms with E-state index in [0.29, 0.717) is 22.4 Å². The fourth-order valence-corrected chi connectivity index (χ4v) is 2.89. The number of rotatable bonds is 9. The first-order valence-corrected chi connectivity index (χ1v) is 9.67. The molecule has 0 aliphatic carbocycles. The Balaban J connectivity index is 1.89. The first kappa shape index (κ1) is 20.7. The molecule has 0 saturated carbocycles. The Bertz CT molecular complexity index is 827. The molecule has 0 unspecified atom stereocenters. The number of hydrogen-bond acceptors (Lipinski definition) is 6. The van der Waals surface area contributed by atoms with E-state index in [0.717, 1.165) is 4.90 Å². The van der Waals surface area contributed by atoms with Crippen molar-refractivity contribution in [3.05, 3.63) is 59.2 Å². The summed E-state index contributed by atoms with van der Waals surface area (Å²) in [6.07, 6.45) is 2.05. The lowest BCUT2D eigenvalue weighted by molar-refractivity contribution is -0.144. The molecule has 5 nitrogen and oxygen atoms in total. The van der Waals surface area contributed by atoms with Gasteiger partial charge in [0.05, 0.1) is 13.5 Å². The van der Waals surface area contributed by atoms with Gasteiger partial charge in [0.1, 0.15) is 12.4 Å². The molecule has 0 bridgehead atoms. The summed E-state index contributed by atoms with van der Waals surface area (Å²) in [7, 11) is 1.51. The van der Waals surface area contributed by atoms with E-state index < -0.39 is 5.97 Å². The van der Waals surface area contributed by atoms with Gasteiger partial charge in [-0.3, -0.25) is 14.4 Å². The van der Waals surface area contributed by atoms with E-state index in [2.05, 4.69) is 0 Å². The predicted octanol–water partition coefficient (Wildman–Crippen LogP) is 4.33. The highest BCUT2D eigenvalue weighted by Gasteiger charge is 2.13. The minimum atomic E-state index is -0.473. The molecule has 0 heterocycles. The summed E-state index contributed by atoms with van der Waals surface area (Å²) < 4.78 is 10.5. The zero-order valence-corrected chi connectivity index (χ0v) is 16.4. The lowest BCUT2D eigenvalue weighted by Gasteiger charge is -2.10. The number of hydrogen-bond donors (Lipinski definition) is 0. The van der Waals surface area contributed by atoms with Gasteiger partial charge in [-0.1, -0.05) is 12.1 Å². The van der Waals surface area contributed by atoms with Crippen LogP contribution in [0, 0.1) is 0 Å². The Kier molecular flexibility index (Phi) is 7.61. The molecule has 0 atom stereocenters. The SMILES string of the molecule is COc1ccc(C(C)=O)cc1COC(=O)CCC(=O)c1ccc(SC)cc1. The molecule has 0 fully saturated rings. The molecule has 2 aromatic carbocycles. The zero-order chi connectivity index (χ0) is 19.8. The number of Topliss-reactive ketones (excluding diaryl/α,β-unsaturated/α-hetero) is 2. The third-order valence-corrected chi connectivity index (χ3v) is 4.79. The van der Waals surface area contributed by atoms with E-state index in [1.807, 2.05) is 18.4 Å². The Morgan fingerprint density at radius 3 is 2.22 bits per heavy atom. The van der Waals surface area contributed by atoms with E-state index >= 15 is 0 Å². The Hall–Kier alpha value is -2.60. The van der Waals surface area contributed by atoms with Crippen LogP contribution in [-0.4, -0.2) is 30.9 Å². The highest BCUT2D eigenvalue weighted by atomic mass is 32.2. The highest BCUT2D eigenvalue weighted by Crippen LogP contribution is 2.21. The van der Waals surface area contributed by atoms with Crippen molar-refractivity contribution in [1.29, 1.82) is 0 Å². The topological polar surface area (TPSA) is 69.7 Å². The Morgan fingerprint density at radius 1 is 0.963 bits per heavy atom. The fraction of sp³-hybridized carbons (Fsp3) is 0.286. The minimum absolute atomic E-state index is 0.00216. The number of ketones is 2. The lowest BCUT2D eigenvalue weighted by Crippen LogP contribution is -2.09. The number of thioether (sulfide) groups is 1. The maximum atomic E-state index is 12.2. The summed E-state index contributed by atoms with van der Waals surface area (Å²) in [5.74, 6) is -0.115. The first-order chi connectivity index (χ1) is 12.9. The van der Waals surface area contributed by atoms with Crippen molar-refractivity contribution in [1.82, 2.24) is 0 Å². The molecule has 6 heteroatoms. The van der Waals surface area contributed by atoms with Crippen molar-refractivity contribution in [3.8, 4) is 5.75 Å². The van der Waals surface area contributed by atoms with Crippen LogP contribution in [0.2, 0.25) is 0 Å². The number of carbonyl (C=O) groups excluding carboxylic acids is 3. The van der Waals surface area contributed by atoms with Gasteiger partial charge in [-0.05, 0) is 43.5 Å². The number of carbonyl (C=O) groups is 3. The Morgan fingerprint density at radius 2 is 1.63 bits per heavy atom. The fourth-order valence-electron chi connectivity index (χ4n) is 2.48.